The highest BCUT2D eigenvalue weighted by atomic mass is 79.9. The maximum Gasteiger partial charge on any atom is 0.237 e. The van der Waals surface area contributed by atoms with Crippen molar-refractivity contribution in [3.63, 3.8) is 0 Å². The van der Waals surface area contributed by atoms with E-state index in [1.54, 1.807) is 6.20 Å². The minimum atomic E-state index is 0.0518. The fraction of sp³-hybridized carbons (Fsp3) is 0.333. The Morgan fingerprint density at radius 1 is 1.23 bits per heavy atom. The number of H-pyrrole nitrogens is 1. The van der Waals surface area contributed by atoms with Crippen molar-refractivity contribution in [3.05, 3.63) is 82.3 Å². The number of aromatic amines is 1. The number of carbonyl (C=O) groups is 1. The molecule has 1 aliphatic rings. The SMILES string of the molecule is CN(C)CC(=O)N1Cc2cc(Br)ccc2N(Cc2ncc[nH]2)CC1Cc1ccccc1. The summed E-state index contributed by atoms with van der Waals surface area (Å²) in [6.07, 6.45) is 4.44. The van der Waals surface area contributed by atoms with Gasteiger partial charge in [0.15, 0.2) is 0 Å². The smallest absolute Gasteiger partial charge is 0.237 e. The first kappa shape index (κ1) is 21.6. The zero-order chi connectivity index (χ0) is 21.8. The van der Waals surface area contributed by atoms with Crippen molar-refractivity contribution in [2.24, 2.45) is 0 Å². The third-order valence-electron chi connectivity index (χ3n) is 5.58. The topological polar surface area (TPSA) is 55.5 Å². The highest BCUT2D eigenvalue weighted by molar-refractivity contribution is 9.10. The molecule has 1 aliphatic heterocycles. The molecular formula is C24H28BrN5O. The lowest BCUT2D eigenvalue weighted by molar-refractivity contribution is -0.134. The molecule has 0 fully saturated rings. The van der Waals surface area contributed by atoms with Crippen molar-refractivity contribution >= 4 is 27.5 Å². The molecule has 2 heterocycles. The van der Waals surface area contributed by atoms with E-state index in [1.165, 1.54) is 5.56 Å². The molecule has 0 aliphatic carbocycles. The van der Waals surface area contributed by atoms with Gasteiger partial charge in [0.05, 0.1) is 19.1 Å². The van der Waals surface area contributed by atoms with Gasteiger partial charge < -0.3 is 19.7 Å². The second kappa shape index (κ2) is 9.66. The molecule has 162 valence electrons. The number of hydrogen-bond acceptors (Lipinski definition) is 4. The van der Waals surface area contributed by atoms with Gasteiger partial charge in [-0.05, 0) is 49.8 Å². The standard InChI is InChI=1S/C24H28BrN5O/c1-28(2)17-24(31)30-14-19-13-20(25)8-9-22(19)29(16-23-26-10-11-27-23)15-21(30)12-18-6-4-3-5-7-18/h3-11,13,21H,12,14-17H2,1-2H3,(H,26,27). The molecule has 7 heteroatoms. The first-order chi connectivity index (χ1) is 15.0. The number of fused-ring (bicyclic) bond motifs is 1. The number of imidazole rings is 1. The van der Waals surface area contributed by atoms with Crippen LogP contribution < -0.4 is 4.90 Å². The van der Waals surface area contributed by atoms with Crippen LogP contribution >= 0.6 is 15.9 Å². The van der Waals surface area contributed by atoms with Crippen LogP contribution in [0.2, 0.25) is 0 Å². The van der Waals surface area contributed by atoms with Gasteiger partial charge in [-0.2, -0.15) is 0 Å². The number of benzene rings is 2. The summed E-state index contributed by atoms with van der Waals surface area (Å²) in [5.41, 5.74) is 3.53. The van der Waals surface area contributed by atoms with E-state index in [1.807, 2.05) is 31.3 Å². The van der Waals surface area contributed by atoms with Gasteiger partial charge in [0.1, 0.15) is 5.82 Å². The summed E-state index contributed by atoms with van der Waals surface area (Å²) in [4.78, 5) is 27.3. The maximum absolute atomic E-state index is 13.3. The minimum Gasteiger partial charge on any atom is -0.362 e. The van der Waals surface area contributed by atoms with E-state index in [2.05, 4.69) is 78.2 Å². The lowest BCUT2D eigenvalue weighted by Gasteiger charge is -2.33. The van der Waals surface area contributed by atoms with Crippen LogP contribution in [0.1, 0.15) is 17.0 Å². The van der Waals surface area contributed by atoms with E-state index < -0.39 is 0 Å². The van der Waals surface area contributed by atoms with Crippen molar-refractivity contribution in [2.45, 2.75) is 25.6 Å². The molecule has 6 nitrogen and oxygen atoms in total. The van der Waals surface area contributed by atoms with Crippen molar-refractivity contribution in [1.29, 1.82) is 0 Å². The van der Waals surface area contributed by atoms with Crippen LogP contribution in [-0.4, -0.2) is 58.9 Å². The maximum atomic E-state index is 13.3. The number of halogens is 1. The van der Waals surface area contributed by atoms with Crippen LogP contribution in [0.25, 0.3) is 0 Å². The lowest BCUT2D eigenvalue weighted by Crippen LogP contribution is -2.48. The van der Waals surface area contributed by atoms with E-state index in [9.17, 15) is 4.79 Å². The molecule has 1 aromatic heterocycles. The highest BCUT2D eigenvalue weighted by Gasteiger charge is 2.31. The van der Waals surface area contributed by atoms with Crippen LogP contribution in [0.15, 0.2) is 65.4 Å². The van der Waals surface area contributed by atoms with Crippen molar-refractivity contribution < 1.29 is 4.79 Å². The normalized spacial score (nSPS) is 16.3. The Morgan fingerprint density at radius 2 is 2.03 bits per heavy atom. The van der Waals surface area contributed by atoms with E-state index in [0.29, 0.717) is 19.6 Å². The molecule has 0 bridgehead atoms. The van der Waals surface area contributed by atoms with Crippen LogP contribution in [0.5, 0.6) is 0 Å². The van der Waals surface area contributed by atoms with Gasteiger partial charge in [-0.15, -0.1) is 0 Å². The van der Waals surface area contributed by atoms with Crippen molar-refractivity contribution in [1.82, 2.24) is 19.8 Å². The quantitative estimate of drug-likeness (QED) is 0.583. The number of carbonyl (C=O) groups excluding carboxylic acids is 1. The number of amides is 1. The van der Waals surface area contributed by atoms with Crippen LogP contribution in [0, 0.1) is 0 Å². The van der Waals surface area contributed by atoms with Gasteiger partial charge in [0.2, 0.25) is 5.91 Å². The van der Waals surface area contributed by atoms with E-state index in [4.69, 9.17) is 0 Å². The summed E-state index contributed by atoms with van der Waals surface area (Å²) < 4.78 is 1.02. The second-order valence-electron chi connectivity index (χ2n) is 8.29. The molecule has 0 saturated heterocycles. The van der Waals surface area contributed by atoms with Crippen molar-refractivity contribution in [2.75, 3.05) is 32.1 Å². The number of hydrogen-bond donors (Lipinski definition) is 1. The first-order valence-electron chi connectivity index (χ1n) is 10.5. The average molecular weight is 482 g/mol. The molecule has 3 aromatic rings. The predicted molar refractivity (Wildman–Crippen MR) is 127 cm³/mol. The molecular weight excluding hydrogens is 454 g/mol. The third kappa shape index (κ3) is 5.35. The molecule has 1 N–H and O–H groups in total. The summed E-state index contributed by atoms with van der Waals surface area (Å²) >= 11 is 3.61. The van der Waals surface area contributed by atoms with Crippen molar-refractivity contribution in [3.8, 4) is 0 Å². The molecule has 0 spiro atoms. The Labute approximate surface area is 192 Å². The second-order valence-corrected chi connectivity index (χ2v) is 9.21. The molecule has 1 unspecified atom stereocenters. The number of nitrogens with one attached hydrogen (secondary N) is 1. The molecule has 1 amide bonds. The van der Waals surface area contributed by atoms with E-state index in [0.717, 1.165) is 34.5 Å². The number of rotatable bonds is 6. The lowest BCUT2D eigenvalue weighted by atomic mass is 10.0. The summed E-state index contributed by atoms with van der Waals surface area (Å²) in [5.74, 6) is 1.07. The number of aromatic nitrogens is 2. The van der Waals surface area contributed by atoms with Gasteiger partial charge in [-0.1, -0.05) is 46.3 Å². The highest BCUT2D eigenvalue weighted by Crippen LogP contribution is 2.32. The van der Waals surface area contributed by atoms with Gasteiger partial charge in [-0.25, -0.2) is 4.98 Å². The summed E-state index contributed by atoms with van der Waals surface area (Å²) in [6, 6.07) is 16.8. The fourth-order valence-electron chi connectivity index (χ4n) is 4.18. The van der Waals surface area contributed by atoms with Gasteiger partial charge in [0.25, 0.3) is 0 Å². The fourth-order valence-corrected chi connectivity index (χ4v) is 4.59. The van der Waals surface area contributed by atoms with Gasteiger partial charge in [-0.3, -0.25) is 4.79 Å². The monoisotopic (exact) mass is 481 g/mol. The molecule has 31 heavy (non-hydrogen) atoms. The third-order valence-corrected chi connectivity index (χ3v) is 6.07. The Bertz CT molecular complexity index is 1010. The summed E-state index contributed by atoms with van der Waals surface area (Å²) in [5, 5.41) is 0. The molecule has 1 atom stereocenters. The Balaban J connectivity index is 1.72. The minimum absolute atomic E-state index is 0.0518. The molecule has 4 rings (SSSR count). The van der Waals surface area contributed by atoms with E-state index in [-0.39, 0.29) is 11.9 Å². The number of nitrogens with zero attached hydrogens (tertiary/aromatic N) is 4. The van der Waals surface area contributed by atoms with E-state index >= 15 is 0 Å². The Morgan fingerprint density at radius 3 is 2.74 bits per heavy atom. The molecule has 0 saturated carbocycles. The Hall–Kier alpha value is -2.64. The molecule has 0 radical (unpaired) electrons. The summed E-state index contributed by atoms with van der Waals surface area (Å²) in [7, 11) is 3.88. The van der Waals surface area contributed by atoms with Crippen LogP contribution in [0.4, 0.5) is 5.69 Å². The first-order valence-corrected chi connectivity index (χ1v) is 11.3. The molecule has 2 aromatic carbocycles. The van der Waals surface area contributed by atoms with Gasteiger partial charge >= 0.3 is 0 Å². The predicted octanol–water partition coefficient (Wildman–Crippen LogP) is 3.69. The number of anilines is 1. The van der Waals surface area contributed by atoms with Gasteiger partial charge in [0, 0.05) is 35.6 Å². The van der Waals surface area contributed by atoms with Crippen LogP contribution in [-0.2, 0) is 24.3 Å². The largest absolute Gasteiger partial charge is 0.362 e. The average Bonchev–Trinajstić information content (AvgIpc) is 3.19. The Kier molecular flexibility index (Phi) is 6.73. The van der Waals surface area contributed by atoms with Crippen LogP contribution in [0.3, 0.4) is 0 Å². The zero-order valence-corrected chi connectivity index (χ0v) is 19.5. The summed E-state index contributed by atoms with van der Waals surface area (Å²) in [6.45, 7) is 2.40. The zero-order valence-electron chi connectivity index (χ0n) is 18.0. The number of likely N-dealkylation sites (N-methyl/N-ethyl adjacent to an activating group) is 1.